The third kappa shape index (κ3) is 9.84. The van der Waals surface area contributed by atoms with E-state index in [1.165, 1.54) is 0 Å². The normalized spacial score (nSPS) is 12.1. The molecular formula is C23H25KNO7S2+. The number of aromatic nitrogens is 1. The van der Waals surface area contributed by atoms with Crippen LogP contribution in [0, 0.1) is 0 Å². The molecule has 3 aromatic rings. The van der Waals surface area contributed by atoms with Crippen LogP contribution in [0.1, 0.15) is 24.1 Å². The summed E-state index contributed by atoms with van der Waals surface area (Å²) in [5, 5.41) is 1.02. The van der Waals surface area contributed by atoms with Gasteiger partial charge < -0.3 is 9.29 Å². The van der Waals surface area contributed by atoms with Crippen molar-refractivity contribution in [3.63, 3.8) is 0 Å². The number of benzene rings is 2. The van der Waals surface area contributed by atoms with E-state index in [4.69, 9.17) is 9.29 Å². The number of ether oxygens (including phenoxy) is 1. The monoisotopic (exact) mass is 530 g/mol. The average molecular weight is 531 g/mol. The van der Waals surface area contributed by atoms with Gasteiger partial charge in [-0.3, -0.25) is 4.55 Å². The molecule has 1 aromatic heterocycles. The molecule has 0 aliphatic rings. The van der Waals surface area contributed by atoms with Crippen LogP contribution in [0.2, 0.25) is 0 Å². The molecule has 8 nitrogen and oxygen atoms in total. The first-order valence-electron chi connectivity index (χ1n) is 10.3. The third-order valence-corrected chi connectivity index (χ3v) is 6.48. The molecule has 0 aliphatic carbocycles. The Bertz CT molecular complexity index is 1340. The van der Waals surface area contributed by atoms with Crippen LogP contribution in [0.4, 0.5) is 0 Å². The van der Waals surface area contributed by atoms with Crippen LogP contribution >= 0.6 is 0 Å². The Labute approximate surface area is 242 Å². The van der Waals surface area contributed by atoms with Gasteiger partial charge in [0.15, 0.2) is 6.54 Å². The van der Waals surface area contributed by atoms with Crippen LogP contribution < -0.4 is 60.7 Å². The topological polar surface area (TPSA) is 125 Å². The molecule has 11 heteroatoms. The molecule has 0 fully saturated rings. The van der Waals surface area contributed by atoms with Crippen LogP contribution in [-0.2, 0) is 26.8 Å². The molecule has 0 amide bonds. The zero-order valence-corrected chi connectivity index (χ0v) is 23.6. The van der Waals surface area contributed by atoms with Crippen molar-refractivity contribution in [3.8, 4) is 5.75 Å². The van der Waals surface area contributed by atoms with Gasteiger partial charge in [0, 0.05) is 35.8 Å². The fraction of sp³-hybridized carbons (Fsp3) is 0.261. The van der Waals surface area contributed by atoms with Crippen LogP contribution in [0.15, 0.2) is 60.7 Å². The van der Waals surface area contributed by atoms with Crippen molar-refractivity contribution in [2.24, 2.45) is 0 Å². The van der Waals surface area contributed by atoms with Gasteiger partial charge in [0.1, 0.15) is 5.75 Å². The number of hydrogen-bond acceptors (Lipinski definition) is 6. The summed E-state index contributed by atoms with van der Waals surface area (Å²) in [4.78, 5) is 0. The first-order chi connectivity index (χ1) is 15.6. The van der Waals surface area contributed by atoms with Crippen molar-refractivity contribution in [1.82, 2.24) is 0 Å². The first kappa shape index (κ1) is 29.1. The molecule has 0 saturated heterocycles. The van der Waals surface area contributed by atoms with E-state index in [0.29, 0.717) is 12.3 Å². The van der Waals surface area contributed by atoms with E-state index in [1.807, 2.05) is 65.3 Å². The van der Waals surface area contributed by atoms with Crippen molar-refractivity contribution in [3.05, 3.63) is 71.9 Å². The fourth-order valence-corrected chi connectivity index (χ4v) is 4.33. The minimum atomic E-state index is -4.23. The van der Waals surface area contributed by atoms with E-state index < -0.39 is 26.0 Å². The van der Waals surface area contributed by atoms with E-state index >= 15 is 0 Å². The Hall–Kier alpha value is -1.15. The molecule has 0 unspecified atom stereocenters. The maximum atomic E-state index is 11.1. The van der Waals surface area contributed by atoms with E-state index in [9.17, 15) is 21.4 Å². The Morgan fingerprint density at radius 2 is 1.59 bits per heavy atom. The zero-order chi connectivity index (χ0) is 23.9. The number of para-hydroxylation sites is 1. The quantitative estimate of drug-likeness (QED) is 0.159. The van der Waals surface area contributed by atoms with Gasteiger partial charge in [-0.05, 0) is 42.3 Å². The second kappa shape index (κ2) is 13.2. The predicted molar refractivity (Wildman–Crippen MR) is 125 cm³/mol. The molecule has 0 aliphatic heterocycles. The smallest absolute Gasteiger partial charge is 0.748 e. The van der Waals surface area contributed by atoms with Gasteiger partial charge in [-0.25, -0.2) is 8.42 Å². The maximum absolute atomic E-state index is 11.1. The molecule has 1 N–H and O–H groups in total. The Morgan fingerprint density at radius 3 is 2.26 bits per heavy atom. The summed E-state index contributed by atoms with van der Waals surface area (Å²) in [5.41, 5.74) is 2.74. The van der Waals surface area contributed by atoms with Crippen LogP contribution in [-0.4, -0.2) is 44.1 Å². The molecule has 0 bridgehead atoms. The number of fused-ring (bicyclic) bond motifs is 1. The summed E-state index contributed by atoms with van der Waals surface area (Å²) in [6.45, 7) is 0.560. The maximum Gasteiger partial charge on any atom is 1.00 e. The van der Waals surface area contributed by atoms with E-state index in [2.05, 4.69) is 0 Å². The summed E-state index contributed by atoms with van der Waals surface area (Å²) in [5.74, 6) is -0.195. The van der Waals surface area contributed by atoms with Gasteiger partial charge in [0.2, 0.25) is 11.2 Å². The predicted octanol–water partition coefficient (Wildman–Crippen LogP) is -0.106. The van der Waals surface area contributed by atoms with Crippen molar-refractivity contribution in [2.45, 2.75) is 19.4 Å². The first-order valence-corrected chi connectivity index (χ1v) is 13.5. The minimum Gasteiger partial charge on any atom is -0.748 e. The number of pyridine rings is 1. The molecule has 3 rings (SSSR count). The standard InChI is InChI=1S/C23H25NO7S2.K/c25-32(26,27)17-3-15-24-21(12-10-20-5-1-2-6-23(20)24)11-7-19-8-13-22(14-9-19)31-16-4-18-33(28,29)30;/h1-2,5-14H,3-4,15-18H2,(H-,25,26,27,28,29,30);/q;+1/b11-7+;. The molecule has 176 valence electrons. The number of rotatable bonds is 11. The Morgan fingerprint density at radius 1 is 0.882 bits per heavy atom. The summed E-state index contributed by atoms with van der Waals surface area (Å²) < 4.78 is 70.6. The average Bonchev–Trinajstić information content (AvgIpc) is 2.75. The number of nitrogens with zero attached hydrogens (tertiary/aromatic N) is 1. The van der Waals surface area contributed by atoms with Crippen molar-refractivity contribution >= 4 is 43.3 Å². The molecule has 2 aromatic carbocycles. The molecule has 34 heavy (non-hydrogen) atoms. The molecular weight excluding hydrogens is 505 g/mol. The molecule has 0 atom stereocenters. The molecule has 1 heterocycles. The summed E-state index contributed by atoms with van der Waals surface area (Å²) in [6.07, 6.45) is 4.25. The van der Waals surface area contributed by atoms with Gasteiger partial charge in [-0.2, -0.15) is 13.0 Å². The van der Waals surface area contributed by atoms with Gasteiger partial charge in [0.05, 0.1) is 22.5 Å². The van der Waals surface area contributed by atoms with Gasteiger partial charge in [0.25, 0.3) is 10.1 Å². The summed E-state index contributed by atoms with van der Waals surface area (Å²) in [7, 11) is -8.26. The van der Waals surface area contributed by atoms with Crippen LogP contribution in [0.3, 0.4) is 0 Å². The van der Waals surface area contributed by atoms with Crippen LogP contribution in [0.5, 0.6) is 5.75 Å². The minimum absolute atomic E-state index is 0. The van der Waals surface area contributed by atoms with Gasteiger partial charge >= 0.3 is 51.4 Å². The van der Waals surface area contributed by atoms with E-state index in [1.54, 1.807) is 12.1 Å². The van der Waals surface area contributed by atoms with E-state index in [0.717, 1.165) is 22.2 Å². The Kier molecular flexibility index (Phi) is 11.3. The van der Waals surface area contributed by atoms with Crippen molar-refractivity contribution in [2.75, 3.05) is 18.1 Å². The largest absolute Gasteiger partial charge is 1.00 e. The Balaban J connectivity index is 0.00000408. The fourth-order valence-electron chi connectivity index (χ4n) is 3.36. The second-order valence-corrected chi connectivity index (χ2v) is 10.6. The second-order valence-electron chi connectivity index (χ2n) is 7.47. The van der Waals surface area contributed by atoms with Crippen LogP contribution in [0.25, 0.3) is 23.1 Å². The molecule has 0 spiro atoms. The van der Waals surface area contributed by atoms with Crippen molar-refractivity contribution in [1.29, 1.82) is 0 Å². The SMILES string of the molecule is O=S(=O)([O-])CCCOc1ccc(/C=C/c2ccc3ccccc3[n+]2CCCS(=O)(=O)O)cc1.[K+]. The molecule has 0 radical (unpaired) electrons. The van der Waals surface area contributed by atoms with Gasteiger partial charge in [-0.15, -0.1) is 0 Å². The summed E-state index contributed by atoms with van der Waals surface area (Å²) in [6, 6.07) is 18.9. The third-order valence-electron chi connectivity index (χ3n) is 4.89. The number of hydrogen-bond donors (Lipinski definition) is 1. The number of aryl methyl sites for hydroxylation is 1. The van der Waals surface area contributed by atoms with E-state index in [-0.39, 0.29) is 76.6 Å². The van der Waals surface area contributed by atoms with Crippen molar-refractivity contribution < 1.29 is 86.6 Å². The summed E-state index contributed by atoms with van der Waals surface area (Å²) >= 11 is 0. The molecule has 0 saturated carbocycles. The van der Waals surface area contributed by atoms with Gasteiger partial charge in [-0.1, -0.05) is 24.3 Å². The zero-order valence-electron chi connectivity index (χ0n) is 18.8.